The minimum atomic E-state index is 0.0827. The van der Waals surface area contributed by atoms with Gasteiger partial charge >= 0.3 is 0 Å². The quantitative estimate of drug-likeness (QED) is 0.692. The normalized spacial score (nSPS) is 16.0. The number of ketones is 1. The molecule has 2 rings (SSSR count). The van der Waals surface area contributed by atoms with Crippen LogP contribution in [0.25, 0.3) is 0 Å². The van der Waals surface area contributed by atoms with E-state index in [-0.39, 0.29) is 5.78 Å². The highest BCUT2D eigenvalue weighted by atomic mass is 16.3. The number of rotatable bonds is 6. The summed E-state index contributed by atoms with van der Waals surface area (Å²) in [6, 6.07) is 3.91. The molecule has 1 aliphatic carbocycles. The van der Waals surface area contributed by atoms with Crippen molar-refractivity contribution in [3.8, 4) is 0 Å². The zero-order chi connectivity index (χ0) is 11.5. The molecule has 1 aromatic heterocycles. The van der Waals surface area contributed by atoms with E-state index in [0.29, 0.717) is 18.3 Å². The smallest absolute Gasteiger partial charge is 0.211 e. The van der Waals surface area contributed by atoms with E-state index in [9.17, 15) is 4.79 Å². The molecule has 0 atom stereocenters. The Bertz CT molecular complexity index is 339. The Balaban J connectivity index is 1.91. The van der Waals surface area contributed by atoms with E-state index in [1.807, 2.05) is 0 Å². The van der Waals surface area contributed by atoms with Crippen LogP contribution in [0.2, 0.25) is 0 Å². The molecule has 0 aromatic carbocycles. The van der Waals surface area contributed by atoms with E-state index in [1.165, 1.54) is 12.8 Å². The van der Waals surface area contributed by atoms with Crippen LogP contribution in [0, 0.1) is 5.92 Å². The Morgan fingerprint density at radius 3 is 2.81 bits per heavy atom. The maximum absolute atomic E-state index is 11.9. The molecule has 3 nitrogen and oxygen atoms in total. The van der Waals surface area contributed by atoms with Gasteiger partial charge < -0.3 is 4.42 Å². The van der Waals surface area contributed by atoms with Crippen molar-refractivity contribution < 1.29 is 9.21 Å². The molecule has 16 heavy (non-hydrogen) atoms. The van der Waals surface area contributed by atoms with Gasteiger partial charge in [-0.15, -0.1) is 0 Å². The van der Waals surface area contributed by atoms with Crippen LogP contribution in [0.3, 0.4) is 0 Å². The minimum Gasteiger partial charge on any atom is -0.461 e. The first-order chi connectivity index (χ1) is 7.66. The monoisotopic (exact) mass is 221 g/mol. The van der Waals surface area contributed by atoms with Crippen molar-refractivity contribution in [3.05, 3.63) is 24.2 Å². The van der Waals surface area contributed by atoms with Gasteiger partial charge in [-0.25, -0.2) is 0 Å². The molecular weight excluding hydrogens is 202 g/mol. The zero-order valence-electron chi connectivity index (χ0n) is 9.98. The Morgan fingerprint density at radius 2 is 2.31 bits per heavy atom. The lowest BCUT2D eigenvalue weighted by Gasteiger charge is -2.25. The standard InChI is InChI=1S/C13H19NO2/c1-10(2)14(8-11-5-6-11)9-12(15)13-4-3-7-16-13/h3-4,7,10-11H,5-6,8-9H2,1-2H3. The van der Waals surface area contributed by atoms with Gasteiger partial charge in [0.05, 0.1) is 12.8 Å². The third-order valence-electron chi connectivity index (χ3n) is 3.06. The van der Waals surface area contributed by atoms with Gasteiger partial charge in [-0.1, -0.05) is 0 Å². The summed E-state index contributed by atoms with van der Waals surface area (Å²) >= 11 is 0. The van der Waals surface area contributed by atoms with Crippen molar-refractivity contribution in [1.29, 1.82) is 0 Å². The van der Waals surface area contributed by atoms with E-state index in [4.69, 9.17) is 4.42 Å². The van der Waals surface area contributed by atoms with Crippen molar-refractivity contribution >= 4 is 5.78 Å². The Morgan fingerprint density at radius 1 is 1.56 bits per heavy atom. The number of carbonyl (C=O) groups excluding carboxylic acids is 1. The average molecular weight is 221 g/mol. The summed E-state index contributed by atoms with van der Waals surface area (Å²) in [6.45, 7) is 5.79. The molecule has 0 spiro atoms. The summed E-state index contributed by atoms with van der Waals surface area (Å²) in [6.07, 6.45) is 4.18. The number of Topliss-reactive ketones (excluding diaryl/α,β-unsaturated/α-hetero) is 1. The van der Waals surface area contributed by atoms with Crippen LogP contribution in [0.5, 0.6) is 0 Å². The van der Waals surface area contributed by atoms with Crippen LogP contribution < -0.4 is 0 Å². The number of hydrogen-bond donors (Lipinski definition) is 0. The number of furan rings is 1. The summed E-state index contributed by atoms with van der Waals surface area (Å²) < 4.78 is 5.12. The highest BCUT2D eigenvalue weighted by Crippen LogP contribution is 2.30. The molecule has 0 amide bonds. The van der Waals surface area contributed by atoms with Crippen molar-refractivity contribution in [2.24, 2.45) is 5.92 Å². The van der Waals surface area contributed by atoms with Crippen molar-refractivity contribution in [2.45, 2.75) is 32.7 Å². The van der Waals surface area contributed by atoms with Crippen LogP contribution in [0.4, 0.5) is 0 Å². The van der Waals surface area contributed by atoms with Crippen molar-refractivity contribution in [1.82, 2.24) is 4.90 Å². The molecule has 88 valence electrons. The first-order valence-corrected chi connectivity index (χ1v) is 5.97. The SMILES string of the molecule is CC(C)N(CC(=O)c1ccco1)CC1CC1. The zero-order valence-corrected chi connectivity index (χ0v) is 9.98. The van der Waals surface area contributed by atoms with Gasteiger partial charge in [0, 0.05) is 12.6 Å². The molecule has 0 N–H and O–H groups in total. The number of hydrogen-bond acceptors (Lipinski definition) is 3. The Hall–Kier alpha value is -1.09. The maximum atomic E-state index is 11.9. The number of carbonyl (C=O) groups is 1. The maximum Gasteiger partial charge on any atom is 0.211 e. The van der Waals surface area contributed by atoms with Crippen molar-refractivity contribution in [3.63, 3.8) is 0 Å². The second kappa shape index (κ2) is 4.83. The summed E-state index contributed by atoms with van der Waals surface area (Å²) in [4.78, 5) is 14.1. The van der Waals surface area contributed by atoms with E-state index in [1.54, 1.807) is 18.4 Å². The molecule has 0 radical (unpaired) electrons. The fraction of sp³-hybridized carbons (Fsp3) is 0.615. The number of nitrogens with zero attached hydrogens (tertiary/aromatic N) is 1. The van der Waals surface area contributed by atoms with Gasteiger partial charge in [-0.2, -0.15) is 0 Å². The first-order valence-electron chi connectivity index (χ1n) is 5.97. The molecule has 1 saturated carbocycles. The van der Waals surface area contributed by atoms with Gasteiger partial charge in [0.25, 0.3) is 0 Å². The topological polar surface area (TPSA) is 33.5 Å². The van der Waals surface area contributed by atoms with Crippen LogP contribution in [-0.2, 0) is 0 Å². The minimum absolute atomic E-state index is 0.0827. The van der Waals surface area contributed by atoms with Crippen molar-refractivity contribution in [2.75, 3.05) is 13.1 Å². The lowest BCUT2D eigenvalue weighted by molar-refractivity contribution is 0.0873. The molecule has 1 aromatic rings. The molecule has 0 aliphatic heterocycles. The van der Waals surface area contributed by atoms with Crippen LogP contribution in [0.1, 0.15) is 37.2 Å². The summed E-state index contributed by atoms with van der Waals surface area (Å²) in [5, 5.41) is 0. The van der Waals surface area contributed by atoms with E-state index < -0.39 is 0 Å². The second-order valence-electron chi connectivity index (χ2n) is 4.87. The molecule has 0 saturated heterocycles. The third kappa shape index (κ3) is 2.95. The molecule has 0 bridgehead atoms. The van der Waals surface area contributed by atoms with Gasteiger partial charge in [-0.3, -0.25) is 9.69 Å². The fourth-order valence-electron chi connectivity index (χ4n) is 1.79. The molecule has 0 unspecified atom stereocenters. The lowest BCUT2D eigenvalue weighted by Crippen LogP contribution is -2.37. The average Bonchev–Trinajstić information content (AvgIpc) is 2.89. The molecule has 3 heteroatoms. The Kier molecular flexibility index (Phi) is 3.44. The highest BCUT2D eigenvalue weighted by Gasteiger charge is 2.27. The summed E-state index contributed by atoms with van der Waals surface area (Å²) in [5.41, 5.74) is 0. The van der Waals surface area contributed by atoms with Crippen LogP contribution in [-0.4, -0.2) is 29.8 Å². The third-order valence-corrected chi connectivity index (χ3v) is 3.06. The van der Waals surface area contributed by atoms with Crippen LogP contribution >= 0.6 is 0 Å². The first kappa shape index (κ1) is 11.4. The second-order valence-corrected chi connectivity index (χ2v) is 4.87. The van der Waals surface area contributed by atoms with Gasteiger partial charge in [0.15, 0.2) is 5.76 Å². The molecule has 1 heterocycles. The molecular formula is C13H19NO2. The van der Waals surface area contributed by atoms with E-state index in [2.05, 4.69) is 18.7 Å². The van der Waals surface area contributed by atoms with E-state index >= 15 is 0 Å². The summed E-state index contributed by atoms with van der Waals surface area (Å²) in [5.74, 6) is 1.37. The lowest BCUT2D eigenvalue weighted by atomic mass is 10.2. The predicted molar refractivity (Wildman–Crippen MR) is 62.5 cm³/mol. The van der Waals surface area contributed by atoms with Gasteiger partial charge in [0.2, 0.25) is 5.78 Å². The fourth-order valence-corrected chi connectivity index (χ4v) is 1.79. The molecule has 1 fully saturated rings. The summed E-state index contributed by atoms with van der Waals surface area (Å²) in [7, 11) is 0. The van der Waals surface area contributed by atoms with Gasteiger partial charge in [-0.05, 0) is 44.7 Å². The largest absolute Gasteiger partial charge is 0.461 e. The van der Waals surface area contributed by atoms with Gasteiger partial charge in [0.1, 0.15) is 0 Å². The van der Waals surface area contributed by atoms with Crippen LogP contribution in [0.15, 0.2) is 22.8 Å². The van der Waals surface area contributed by atoms with E-state index in [0.717, 1.165) is 12.5 Å². The molecule has 1 aliphatic rings. The highest BCUT2D eigenvalue weighted by molar-refractivity contribution is 5.95. The predicted octanol–water partition coefficient (Wildman–Crippen LogP) is 2.58. The Labute approximate surface area is 96.4 Å².